The lowest BCUT2D eigenvalue weighted by atomic mass is 10.2. The number of fused-ring (bicyclic) bond motifs is 1. The predicted molar refractivity (Wildman–Crippen MR) is 71.9 cm³/mol. The molecule has 0 saturated heterocycles. The Balaban J connectivity index is 1.91. The molecule has 2 aromatic heterocycles. The molecule has 0 radical (unpaired) electrons. The molecule has 0 spiro atoms. The molecule has 2 heterocycles. The van der Waals surface area contributed by atoms with Gasteiger partial charge in [-0.3, -0.25) is 0 Å². The minimum atomic E-state index is -0.926. The standard InChI is InChI=1S/C13H14N2O3S/c1-7-9-11(18-5-4-8-2-3-8)14-6-15-12(9)19-10(7)13(16)17/h6,8H,2-5H2,1H3,(H,16,17). The molecule has 0 amide bonds. The molecule has 0 bridgehead atoms. The average Bonchev–Trinajstić information content (AvgIpc) is 3.13. The number of aryl methyl sites for hydroxylation is 1. The van der Waals surface area contributed by atoms with Crippen LogP contribution in [-0.2, 0) is 0 Å². The Hall–Kier alpha value is -1.69. The van der Waals surface area contributed by atoms with Crippen molar-refractivity contribution in [2.24, 2.45) is 5.92 Å². The maximum Gasteiger partial charge on any atom is 0.346 e. The van der Waals surface area contributed by atoms with E-state index < -0.39 is 5.97 Å². The highest BCUT2D eigenvalue weighted by atomic mass is 32.1. The van der Waals surface area contributed by atoms with Crippen molar-refractivity contribution in [3.8, 4) is 5.88 Å². The van der Waals surface area contributed by atoms with Crippen molar-refractivity contribution in [1.82, 2.24) is 9.97 Å². The minimum Gasteiger partial charge on any atom is -0.477 e. The first-order valence-electron chi connectivity index (χ1n) is 6.27. The molecular weight excluding hydrogens is 264 g/mol. The SMILES string of the molecule is Cc1c(C(=O)O)sc2ncnc(OCCC3CC3)c12. The second-order valence-electron chi connectivity index (χ2n) is 4.80. The van der Waals surface area contributed by atoms with Gasteiger partial charge >= 0.3 is 5.97 Å². The first-order chi connectivity index (χ1) is 9.16. The van der Waals surface area contributed by atoms with Gasteiger partial charge in [0.1, 0.15) is 16.0 Å². The van der Waals surface area contributed by atoms with Crippen LogP contribution >= 0.6 is 11.3 Å². The largest absolute Gasteiger partial charge is 0.477 e. The molecule has 0 atom stereocenters. The van der Waals surface area contributed by atoms with Gasteiger partial charge in [-0.05, 0) is 24.8 Å². The molecule has 19 heavy (non-hydrogen) atoms. The number of thiophene rings is 1. The molecule has 100 valence electrons. The Morgan fingerprint density at radius 1 is 1.53 bits per heavy atom. The summed E-state index contributed by atoms with van der Waals surface area (Å²) in [5.41, 5.74) is 0.689. The second-order valence-corrected chi connectivity index (χ2v) is 5.80. The van der Waals surface area contributed by atoms with Gasteiger partial charge in [0.15, 0.2) is 0 Å². The summed E-state index contributed by atoms with van der Waals surface area (Å²) in [6.07, 6.45) is 5.06. The monoisotopic (exact) mass is 278 g/mol. The summed E-state index contributed by atoms with van der Waals surface area (Å²) in [5.74, 6) is 0.381. The zero-order chi connectivity index (χ0) is 13.4. The van der Waals surface area contributed by atoms with Crippen molar-refractivity contribution in [1.29, 1.82) is 0 Å². The fourth-order valence-electron chi connectivity index (χ4n) is 2.08. The molecule has 5 nitrogen and oxygen atoms in total. The molecule has 0 unspecified atom stereocenters. The summed E-state index contributed by atoms with van der Waals surface area (Å²) >= 11 is 1.17. The van der Waals surface area contributed by atoms with Crippen LogP contribution in [0.4, 0.5) is 0 Å². The van der Waals surface area contributed by atoms with E-state index in [1.165, 1.54) is 30.5 Å². The number of carboxylic acid groups (broad SMARTS) is 1. The summed E-state index contributed by atoms with van der Waals surface area (Å²) in [6.45, 7) is 2.41. The number of nitrogens with zero attached hydrogens (tertiary/aromatic N) is 2. The summed E-state index contributed by atoms with van der Waals surface area (Å²) in [6, 6.07) is 0. The Labute approximate surface area is 114 Å². The van der Waals surface area contributed by atoms with Crippen LogP contribution in [0.15, 0.2) is 6.33 Å². The van der Waals surface area contributed by atoms with Gasteiger partial charge in [0.25, 0.3) is 0 Å². The molecule has 1 aliphatic rings. The molecule has 1 aliphatic carbocycles. The third-order valence-corrected chi connectivity index (χ3v) is 4.54. The average molecular weight is 278 g/mol. The van der Waals surface area contributed by atoms with Gasteiger partial charge < -0.3 is 9.84 Å². The van der Waals surface area contributed by atoms with Gasteiger partial charge in [-0.15, -0.1) is 11.3 Å². The number of aromatic nitrogens is 2. The van der Waals surface area contributed by atoms with Gasteiger partial charge in [-0.1, -0.05) is 12.8 Å². The smallest absolute Gasteiger partial charge is 0.346 e. The molecule has 1 N–H and O–H groups in total. The summed E-state index contributed by atoms with van der Waals surface area (Å²) < 4.78 is 5.71. The van der Waals surface area contributed by atoms with Crippen LogP contribution in [0, 0.1) is 12.8 Å². The maximum absolute atomic E-state index is 11.1. The van der Waals surface area contributed by atoms with Gasteiger partial charge in [0.2, 0.25) is 5.88 Å². The van der Waals surface area contributed by atoms with Crippen LogP contribution in [0.2, 0.25) is 0 Å². The van der Waals surface area contributed by atoms with E-state index >= 15 is 0 Å². The normalized spacial score (nSPS) is 14.8. The first-order valence-corrected chi connectivity index (χ1v) is 7.08. The van der Waals surface area contributed by atoms with Crippen molar-refractivity contribution >= 4 is 27.5 Å². The molecule has 1 fully saturated rings. The number of hydrogen-bond acceptors (Lipinski definition) is 5. The molecule has 3 rings (SSSR count). The number of hydrogen-bond donors (Lipinski definition) is 1. The third kappa shape index (κ3) is 2.40. The van der Waals surface area contributed by atoms with Crippen LogP contribution in [0.5, 0.6) is 5.88 Å². The zero-order valence-electron chi connectivity index (χ0n) is 10.5. The molecular formula is C13H14N2O3S. The van der Waals surface area contributed by atoms with Crippen LogP contribution in [0.1, 0.15) is 34.5 Å². The van der Waals surface area contributed by atoms with E-state index in [2.05, 4.69) is 9.97 Å². The predicted octanol–water partition coefficient (Wildman–Crippen LogP) is 2.88. The molecule has 2 aromatic rings. The number of carbonyl (C=O) groups is 1. The highest BCUT2D eigenvalue weighted by Crippen LogP contribution is 2.35. The number of carboxylic acids is 1. The van der Waals surface area contributed by atoms with Crippen LogP contribution in [-0.4, -0.2) is 27.7 Å². The van der Waals surface area contributed by atoms with Crippen molar-refractivity contribution in [3.05, 3.63) is 16.8 Å². The molecule has 0 aromatic carbocycles. The van der Waals surface area contributed by atoms with Crippen molar-refractivity contribution < 1.29 is 14.6 Å². The minimum absolute atomic E-state index is 0.308. The van der Waals surface area contributed by atoms with Gasteiger partial charge in [0.05, 0.1) is 12.0 Å². The van der Waals surface area contributed by atoms with Gasteiger partial charge in [-0.25, -0.2) is 14.8 Å². The number of rotatable bonds is 5. The Kier molecular flexibility index (Phi) is 3.10. The Morgan fingerprint density at radius 2 is 2.32 bits per heavy atom. The van der Waals surface area contributed by atoms with E-state index in [-0.39, 0.29) is 0 Å². The number of ether oxygens (including phenoxy) is 1. The van der Waals surface area contributed by atoms with Crippen LogP contribution in [0.3, 0.4) is 0 Å². The number of aromatic carboxylic acids is 1. The van der Waals surface area contributed by atoms with E-state index in [4.69, 9.17) is 9.84 Å². The third-order valence-electron chi connectivity index (χ3n) is 3.35. The molecule has 6 heteroatoms. The van der Waals surface area contributed by atoms with Crippen molar-refractivity contribution in [2.75, 3.05) is 6.61 Å². The fourth-order valence-corrected chi connectivity index (χ4v) is 3.06. The maximum atomic E-state index is 11.1. The highest BCUT2D eigenvalue weighted by molar-refractivity contribution is 7.20. The van der Waals surface area contributed by atoms with E-state index in [0.29, 0.717) is 27.8 Å². The highest BCUT2D eigenvalue weighted by Gasteiger charge is 2.22. The van der Waals surface area contributed by atoms with E-state index in [1.54, 1.807) is 6.92 Å². The zero-order valence-corrected chi connectivity index (χ0v) is 11.4. The van der Waals surface area contributed by atoms with Crippen LogP contribution < -0.4 is 4.74 Å². The Morgan fingerprint density at radius 3 is 3.00 bits per heavy atom. The first kappa shape index (κ1) is 12.3. The lowest BCUT2D eigenvalue weighted by molar-refractivity contribution is 0.0701. The van der Waals surface area contributed by atoms with E-state index in [9.17, 15) is 4.79 Å². The van der Waals surface area contributed by atoms with Gasteiger partial charge in [0, 0.05) is 0 Å². The van der Waals surface area contributed by atoms with Crippen LogP contribution in [0.25, 0.3) is 10.2 Å². The molecule has 1 saturated carbocycles. The van der Waals surface area contributed by atoms with Gasteiger partial charge in [-0.2, -0.15) is 0 Å². The fraction of sp³-hybridized carbons (Fsp3) is 0.462. The Bertz CT molecular complexity index is 634. The van der Waals surface area contributed by atoms with Crippen molar-refractivity contribution in [2.45, 2.75) is 26.2 Å². The lowest BCUT2D eigenvalue weighted by Gasteiger charge is -2.05. The van der Waals surface area contributed by atoms with Crippen molar-refractivity contribution in [3.63, 3.8) is 0 Å². The van der Waals surface area contributed by atoms with E-state index in [1.807, 2.05) is 0 Å². The summed E-state index contributed by atoms with van der Waals surface area (Å²) in [5, 5.41) is 9.87. The summed E-state index contributed by atoms with van der Waals surface area (Å²) in [7, 11) is 0. The molecule has 0 aliphatic heterocycles. The quantitative estimate of drug-likeness (QED) is 0.910. The summed E-state index contributed by atoms with van der Waals surface area (Å²) in [4.78, 5) is 20.4. The topological polar surface area (TPSA) is 72.3 Å². The van der Waals surface area contributed by atoms with E-state index in [0.717, 1.165) is 17.7 Å². The second kappa shape index (κ2) is 4.77. The lowest BCUT2D eigenvalue weighted by Crippen LogP contribution is -2.01.